The molecule has 0 saturated carbocycles. The first-order valence-electron chi connectivity index (χ1n) is 5.80. The Hall–Kier alpha value is -1.68. The van der Waals surface area contributed by atoms with E-state index in [1.807, 2.05) is 36.3 Å². The Labute approximate surface area is 102 Å². The molecule has 1 atom stereocenters. The number of nitrogens with one attached hydrogen (secondary N) is 1. The van der Waals surface area contributed by atoms with Gasteiger partial charge in [0.15, 0.2) is 0 Å². The highest BCUT2D eigenvalue weighted by atomic mass is 15.3. The van der Waals surface area contributed by atoms with Gasteiger partial charge in [0, 0.05) is 32.0 Å². The molecule has 2 aromatic rings. The monoisotopic (exact) mass is 230 g/mol. The van der Waals surface area contributed by atoms with Gasteiger partial charge < -0.3 is 5.32 Å². The van der Waals surface area contributed by atoms with Crippen molar-refractivity contribution < 1.29 is 0 Å². The van der Waals surface area contributed by atoms with Crippen LogP contribution in [0.5, 0.6) is 0 Å². The average molecular weight is 230 g/mol. The van der Waals surface area contributed by atoms with Gasteiger partial charge in [0.25, 0.3) is 0 Å². The lowest BCUT2D eigenvalue weighted by molar-refractivity contribution is 0.524. The molecule has 0 spiro atoms. The molecule has 1 N–H and O–H groups in total. The van der Waals surface area contributed by atoms with E-state index in [4.69, 9.17) is 0 Å². The van der Waals surface area contributed by atoms with Gasteiger partial charge in [-0.15, -0.1) is 0 Å². The molecule has 2 aromatic heterocycles. The molecule has 0 aliphatic carbocycles. The topological polar surface area (TPSA) is 42.7 Å². The zero-order chi connectivity index (χ0) is 12.3. The minimum Gasteiger partial charge on any atom is -0.303 e. The first kappa shape index (κ1) is 11.8. The summed E-state index contributed by atoms with van der Waals surface area (Å²) in [6.07, 6.45) is 3.65. The highest BCUT2D eigenvalue weighted by molar-refractivity contribution is 5.17. The van der Waals surface area contributed by atoms with Gasteiger partial charge in [0.05, 0.1) is 11.4 Å². The number of aromatic nitrogens is 3. The predicted molar refractivity (Wildman–Crippen MR) is 67.4 cm³/mol. The Kier molecular flexibility index (Phi) is 3.54. The van der Waals surface area contributed by atoms with Gasteiger partial charge in [-0.1, -0.05) is 6.07 Å². The fourth-order valence-electron chi connectivity index (χ4n) is 1.87. The summed E-state index contributed by atoms with van der Waals surface area (Å²) in [6.45, 7) is 4.99. The number of rotatable bonds is 4. The molecule has 0 radical (unpaired) electrons. The average Bonchev–Trinajstić information content (AvgIpc) is 2.74. The van der Waals surface area contributed by atoms with Crippen LogP contribution < -0.4 is 5.32 Å². The van der Waals surface area contributed by atoms with Gasteiger partial charge in [0.1, 0.15) is 0 Å². The Morgan fingerprint density at radius 2 is 2.18 bits per heavy atom. The summed E-state index contributed by atoms with van der Waals surface area (Å²) in [7, 11) is 1.96. The molecule has 2 heterocycles. The van der Waals surface area contributed by atoms with Crippen molar-refractivity contribution in [3.05, 3.63) is 47.5 Å². The highest BCUT2D eigenvalue weighted by Crippen LogP contribution is 2.11. The minimum absolute atomic E-state index is 0.268. The summed E-state index contributed by atoms with van der Waals surface area (Å²) in [6, 6.07) is 6.34. The third-order valence-electron chi connectivity index (χ3n) is 3.00. The Balaban J connectivity index is 2.00. The van der Waals surface area contributed by atoms with Crippen molar-refractivity contribution in [1.82, 2.24) is 20.1 Å². The molecule has 0 aliphatic heterocycles. The first-order valence-corrected chi connectivity index (χ1v) is 5.80. The summed E-state index contributed by atoms with van der Waals surface area (Å²) in [5.41, 5.74) is 3.50. The van der Waals surface area contributed by atoms with E-state index < -0.39 is 0 Å². The van der Waals surface area contributed by atoms with Crippen LogP contribution in [-0.2, 0) is 13.6 Å². The maximum Gasteiger partial charge on any atom is 0.0570 e. The molecule has 1 unspecified atom stereocenters. The zero-order valence-electron chi connectivity index (χ0n) is 10.5. The smallest absolute Gasteiger partial charge is 0.0570 e. The van der Waals surface area contributed by atoms with E-state index in [1.165, 1.54) is 11.3 Å². The standard InChI is InChI=1S/C13H18N4/c1-10-5-4-7-14-12(10)9-15-11(2)13-6-8-16-17(13)3/h4-8,11,15H,9H2,1-3H3. The summed E-state index contributed by atoms with van der Waals surface area (Å²) in [5, 5.41) is 7.63. The number of pyridine rings is 1. The van der Waals surface area contributed by atoms with Crippen molar-refractivity contribution in [2.24, 2.45) is 7.05 Å². The largest absolute Gasteiger partial charge is 0.303 e. The minimum atomic E-state index is 0.268. The number of nitrogens with zero attached hydrogens (tertiary/aromatic N) is 3. The third kappa shape index (κ3) is 2.71. The second kappa shape index (κ2) is 5.10. The van der Waals surface area contributed by atoms with E-state index in [0.29, 0.717) is 0 Å². The molecule has 0 amide bonds. The van der Waals surface area contributed by atoms with Crippen LogP contribution in [0.25, 0.3) is 0 Å². The van der Waals surface area contributed by atoms with Crippen LogP contribution in [0.4, 0.5) is 0 Å². The van der Waals surface area contributed by atoms with Gasteiger partial charge in [-0.05, 0) is 31.5 Å². The van der Waals surface area contributed by atoms with Crippen LogP contribution in [0, 0.1) is 6.92 Å². The zero-order valence-corrected chi connectivity index (χ0v) is 10.5. The molecular weight excluding hydrogens is 212 g/mol. The third-order valence-corrected chi connectivity index (χ3v) is 3.00. The van der Waals surface area contributed by atoms with Crippen molar-refractivity contribution >= 4 is 0 Å². The molecular formula is C13H18N4. The van der Waals surface area contributed by atoms with Crippen LogP contribution in [0.15, 0.2) is 30.6 Å². The quantitative estimate of drug-likeness (QED) is 0.873. The van der Waals surface area contributed by atoms with Crippen molar-refractivity contribution in [2.75, 3.05) is 0 Å². The summed E-state index contributed by atoms with van der Waals surface area (Å²) >= 11 is 0. The molecule has 0 aliphatic rings. The molecule has 0 saturated heterocycles. The van der Waals surface area contributed by atoms with Crippen LogP contribution >= 0.6 is 0 Å². The van der Waals surface area contributed by atoms with Gasteiger partial charge in [-0.2, -0.15) is 5.10 Å². The van der Waals surface area contributed by atoms with Crippen LogP contribution in [0.3, 0.4) is 0 Å². The second-order valence-electron chi connectivity index (χ2n) is 4.25. The number of hydrogen-bond donors (Lipinski definition) is 1. The van der Waals surface area contributed by atoms with E-state index in [0.717, 1.165) is 12.2 Å². The fourth-order valence-corrected chi connectivity index (χ4v) is 1.87. The maximum atomic E-state index is 4.37. The van der Waals surface area contributed by atoms with Crippen molar-refractivity contribution in [3.8, 4) is 0 Å². The summed E-state index contributed by atoms with van der Waals surface area (Å²) in [4.78, 5) is 4.37. The molecule has 2 rings (SSSR count). The van der Waals surface area contributed by atoms with E-state index in [1.54, 1.807) is 0 Å². The Morgan fingerprint density at radius 1 is 1.35 bits per heavy atom. The predicted octanol–water partition coefficient (Wildman–Crippen LogP) is 1.97. The lowest BCUT2D eigenvalue weighted by Gasteiger charge is -2.14. The van der Waals surface area contributed by atoms with Crippen molar-refractivity contribution in [3.63, 3.8) is 0 Å². The van der Waals surface area contributed by atoms with Gasteiger partial charge >= 0.3 is 0 Å². The number of aryl methyl sites for hydroxylation is 2. The second-order valence-corrected chi connectivity index (χ2v) is 4.25. The normalized spacial score (nSPS) is 12.6. The van der Waals surface area contributed by atoms with E-state index in [2.05, 4.69) is 35.3 Å². The Bertz CT molecular complexity index is 490. The first-order chi connectivity index (χ1) is 8.18. The number of hydrogen-bond acceptors (Lipinski definition) is 3. The molecule has 0 aromatic carbocycles. The summed E-state index contributed by atoms with van der Waals surface area (Å²) in [5.74, 6) is 0. The lowest BCUT2D eigenvalue weighted by atomic mass is 10.2. The van der Waals surface area contributed by atoms with E-state index >= 15 is 0 Å². The fraction of sp³-hybridized carbons (Fsp3) is 0.385. The SMILES string of the molecule is Cc1cccnc1CNC(C)c1ccnn1C. The highest BCUT2D eigenvalue weighted by Gasteiger charge is 2.09. The molecule has 4 nitrogen and oxygen atoms in total. The van der Waals surface area contributed by atoms with Crippen LogP contribution in [0.2, 0.25) is 0 Å². The summed E-state index contributed by atoms with van der Waals surface area (Å²) < 4.78 is 1.89. The maximum absolute atomic E-state index is 4.37. The van der Waals surface area contributed by atoms with Crippen LogP contribution in [-0.4, -0.2) is 14.8 Å². The molecule has 17 heavy (non-hydrogen) atoms. The van der Waals surface area contributed by atoms with E-state index in [-0.39, 0.29) is 6.04 Å². The molecule has 0 fully saturated rings. The Morgan fingerprint density at radius 3 is 2.82 bits per heavy atom. The molecule has 4 heteroatoms. The lowest BCUT2D eigenvalue weighted by Crippen LogP contribution is -2.21. The van der Waals surface area contributed by atoms with Crippen molar-refractivity contribution in [2.45, 2.75) is 26.4 Å². The van der Waals surface area contributed by atoms with Crippen molar-refractivity contribution in [1.29, 1.82) is 0 Å². The molecule has 0 bridgehead atoms. The van der Waals surface area contributed by atoms with Gasteiger partial charge in [-0.3, -0.25) is 9.67 Å². The van der Waals surface area contributed by atoms with Gasteiger partial charge in [0.2, 0.25) is 0 Å². The van der Waals surface area contributed by atoms with Crippen LogP contribution in [0.1, 0.15) is 29.9 Å². The van der Waals surface area contributed by atoms with E-state index in [9.17, 15) is 0 Å². The molecule has 90 valence electrons. The van der Waals surface area contributed by atoms with Gasteiger partial charge in [-0.25, -0.2) is 0 Å².